The van der Waals surface area contributed by atoms with Crippen LogP contribution in [0, 0.1) is 0 Å². The third-order valence-electron chi connectivity index (χ3n) is 5.00. The molecule has 0 unspecified atom stereocenters. The van der Waals surface area contributed by atoms with Crippen molar-refractivity contribution in [2.45, 2.75) is 12.8 Å². The summed E-state index contributed by atoms with van der Waals surface area (Å²) < 4.78 is 0. The van der Waals surface area contributed by atoms with E-state index in [4.69, 9.17) is 11.5 Å². The van der Waals surface area contributed by atoms with Crippen molar-refractivity contribution >= 4 is 11.4 Å². The molecule has 0 amide bonds. The maximum atomic E-state index is 5.95. The van der Waals surface area contributed by atoms with E-state index in [1.165, 1.54) is 44.5 Å². The molecule has 3 aromatic carbocycles. The molecular formula is C20H16N2. The third kappa shape index (κ3) is 1.44. The summed E-state index contributed by atoms with van der Waals surface area (Å²) >= 11 is 0. The second-order valence-corrected chi connectivity index (χ2v) is 6.30. The molecule has 2 heteroatoms. The number of fused-ring (bicyclic) bond motifs is 7. The van der Waals surface area contributed by atoms with Crippen molar-refractivity contribution < 1.29 is 0 Å². The molecule has 0 atom stereocenters. The van der Waals surface area contributed by atoms with Crippen molar-refractivity contribution in [3.63, 3.8) is 0 Å². The molecule has 2 aliphatic carbocycles. The van der Waals surface area contributed by atoms with Gasteiger partial charge in [-0.05, 0) is 81.6 Å². The number of benzene rings is 3. The van der Waals surface area contributed by atoms with Gasteiger partial charge in [0.2, 0.25) is 0 Å². The van der Waals surface area contributed by atoms with Gasteiger partial charge in [-0.3, -0.25) is 0 Å². The molecule has 22 heavy (non-hydrogen) atoms. The van der Waals surface area contributed by atoms with Crippen LogP contribution in [0.2, 0.25) is 0 Å². The van der Waals surface area contributed by atoms with Crippen molar-refractivity contribution in [3.8, 4) is 22.3 Å². The Morgan fingerprint density at radius 1 is 0.545 bits per heavy atom. The lowest BCUT2D eigenvalue weighted by Crippen LogP contribution is -1.91. The van der Waals surface area contributed by atoms with E-state index in [1.54, 1.807) is 0 Å². The van der Waals surface area contributed by atoms with Crippen molar-refractivity contribution in [1.82, 2.24) is 0 Å². The SMILES string of the molecule is Nc1ccc2c(c1)Cc1c-2ccc2c1Cc1cc(N)ccc1-2. The molecule has 0 aliphatic heterocycles. The first-order valence-electron chi connectivity index (χ1n) is 7.63. The predicted molar refractivity (Wildman–Crippen MR) is 91.8 cm³/mol. The molecule has 0 saturated heterocycles. The van der Waals surface area contributed by atoms with Crippen LogP contribution in [-0.4, -0.2) is 0 Å². The number of nitrogen functional groups attached to an aromatic ring is 2. The van der Waals surface area contributed by atoms with Gasteiger partial charge >= 0.3 is 0 Å². The van der Waals surface area contributed by atoms with Crippen LogP contribution < -0.4 is 11.5 Å². The summed E-state index contributed by atoms with van der Waals surface area (Å²) in [5, 5.41) is 0. The van der Waals surface area contributed by atoms with Crippen molar-refractivity contribution in [2.75, 3.05) is 11.5 Å². The molecule has 0 bridgehead atoms. The van der Waals surface area contributed by atoms with Crippen LogP contribution in [0.5, 0.6) is 0 Å². The number of hydrogen-bond acceptors (Lipinski definition) is 2. The lowest BCUT2D eigenvalue weighted by Gasteiger charge is -2.07. The average molecular weight is 284 g/mol. The van der Waals surface area contributed by atoms with Gasteiger partial charge in [0.05, 0.1) is 0 Å². The van der Waals surface area contributed by atoms with E-state index in [0.29, 0.717) is 0 Å². The maximum Gasteiger partial charge on any atom is 0.0317 e. The zero-order valence-electron chi connectivity index (χ0n) is 12.2. The summed E-state index contributed by atoms with van der Waals surface area (Å²) in [6.07, 6.45) is 1.98. The number of hydrogen-bond donors (Lipinski definition) is 2. The summed E-state index contributed by atoms with van der Waals surface area (Å²) in [5.74, 6) is 0. The molecule has 2 nitrogen and oxygen atoms in total. The molecule has 4 N–H and O–H groups in total. The maximum absolute atomic E-state index is 5.95. The molecular weight excluding hydrogens is 268 g/mol. The van der Waals surface area contributed by atoms with Gasteiger partial charge in [-0.1, -0.05) is 24.3 Å². The molecule has 0 saturated carbocycles. The minimum atomic E-state index is 0.847. The van der Waals surface area contributed by atoms with Crippen LogP contribution >= 0.6 is 0 Å². The van der Waals surface area contributed by atoms with Crippen LogP contribution in [0.1, 0.15) is 22.3 Å². The number of anilines is 2. The monoisotopic (exact) mass is 284 g/mol. The summed E-state index contributed by atoms with van der Waals surface area (Å²) in [6.45, 7) is 0. The topological polar surface area (TPSA) is 52.0 Å². The van der Waals surface area contributed by atoms with E-state index < -0.39 is 0 Å². The molecule has 106 valence electrons. The van der Waals surface area contributed by atoms with Gasteiger partial charge in [-0.2, -0.15) is 0 Å². The third-order valence-corrected chi connectivity index (χ3v) is 5.00. The Labute approximate surface area is 129 Å². The number of rotatable bonds is 0. The Hall–Kier alpha value is -2.74. The molecule has 0 spiro atoms. The van der Waals surface area contributed by atoms with E-state index in [0.717, 1.165) is 24.2 Å². The van der Waals surface area contributed by atoms with Crippen LogP contribution in [-0.2, 0) is 12.8 Å². The highest BCUT2D eigenvalue weighted by Crippen LogP contribution is 2.46. The molecule has 0 aromatic heterocycles. The number of nitrogens with two attached hydrogens (primary N) is 2. The fourth-order valence-corrected chi connectivity index (χ4v) is 4.03. The highest BCUT2D eigenvalue weighted by Gasteiger charge is 2.27. The van der Waals surface area contributed by atoms with Gasteiger partial charge in [0, 0.05) is 11.4 Å². The van der Waals surface area contributed by atoms with Crippen LogP contribution in [0.15, 0.2) is 48.5 Å². The minimum Gasteiger partial charge on any atom is -0.399 e. The fraction of sp³-hybridized carbons (Fsp3) is 0.100. The van der Waals surface area contributed by atoms with Crippen molar-refractivity contribution in [1.29, 1.82) is 0 Å². The quantitative estimate of drug-likeness (QED) is 0.422. The molecule has 0 heterocycles. The highest BCUT2D eigenvalue weighted by molar-refractivity contribution is 5.87. The average Bonchev–Trinajstić information content (AvgIpc) is 3.03. The predicted octanol–water partition coefficient (Wildman–Crippen LogP) is 3.99. The Morgan fingerprint density at radius 2 is 0.955 bits per heavy atom. The summed E-state index contributed by atoms with van der Waals surface area (Å²) in [4.78, 5) is 0. The fourth-order valence-electron chi connectivity index (χ4n) is 4.03. The second-order valence-electron chi connectivity index (χ2n) is 6.30. The van der Waals surface area contributed by atoms with Gasteiger partial charge in [0.15, 0.2) is 0 Å². The zero-order valence-corrected chi connectivity index (χ0v) is 12.2. The van der Waals surface area contributed by atoms with Gasteiger partial charge in [-0.25, -0.2) is 0 Å². The van der Waals surface area contributed by atoms with Gasteiger partial charge < -0.3 is 11.5 Å². The normalized spacial score (nSPS) is 13.5. The van der Waals surface area contributed by atoms with E-state index in [-0.39, 0.29) is 0 Å². The Balaban J connectivity index is 1.73. The van der Waals surface area contributed by atoms with E-state index in [9.17, 15) is 0 Å². The Bertz CT molecular complexity index is 876. The van der Waals surface area contributed by atoms with E-state index in [1.807, 2.05) is 12.1 Å². The first-order valence-corrected chi connectivity index (χ1v) is 7.63. The summed E-state index contributed by atoms with van der Waals surface area (Å²) in [6, 6.07) is 17.1. The molecule has 0 fully saturated rings. The first kappa shape index (κ1) is 11.9. The Kier molecular flexibility index (Phi) is 2.11. The lowest BCUT2D eigenvalue weighted by atomic mass is 9.96. The largest absolute Gasteiger partial charge is 0.399 e. The van der Waals surface area contributed by atoms with Gasteiger partial charge in [0.1, 0.15) is 0 Å². The summed E-state index contributed by atoms with van der Waals surface area (Å²) in [7, 11) is 0. The van der Waals surface area contributed by atoms with Crippen molar-refractivity contribution in [3.05, 3.63) is 70.8 Å². The summed E-state index contributed by atoms with van der Waals surface area (Å²) in [5.41, 5.74) is 24.6. The van der Waals surface area contributed by atoms with E-state index in [2.05, 4.69) is 36.4 Å². The molecule has 0 radical (unpaired) electrons. The van der Waals surface area contributed by atoms with Crippen LogP contribution in [0.3, 0.4) is 0 Å². The standard InChI is InChI=1S/C20H16N2/c21-13-1-3-15-11(7-13)9-19-17(15)5-6-18-16-4-2-14(22)8-12(16)10-20(18)19/h1-8H,9-10,21-22H2. The molecule has 3 aromatic rings. The highest BCUT2D eigenvalue weighted by atomic mass is 14.5. The van der Waals surface area contributed by atoms with Gasteiger partial charge in [-0.15, -0.1) is 0 Å². The van der Waals surface area contributed by atoms with Gasteiger partial charge in [0.25, 0.3) is 0 Å². The minimum absolute atomic E-state index is 0.847. The molecule has 2 aliphatic rings. The molecule has 5 rings (SSSR count). The smallest absolute Gasteiger partial charge is 0.0317 e. The van der Waals surface area contributed by atoms with E-state index >= 15 is 0 Å². The lowest BCUT2D eigenvalue weighted by molar-refractivity contribution is 1.16. The zero-order chi connectivity index (χ0) is 14.8. The first-order chi connectivity index (χ1) is 10.7. The van der Waals surface area contributed by atoms with Crippen molar-refractivity contribution in [2.24, 2.45) is 0 Å². The van der Waals surface area contributed by atoms with Crippen LogP contribution in [0.4, 0.5) is 11.4 Å². The second kappa shape index (κ2) is 3.92. The van der Waals surface area contributed by atoms with Crippen LogP contribution in [0.25, 0.3) is 22.3 Å². The Morgan fingerprint density at radius 3 is 1.41 bits per heavy atom.